The molecular formula is C21H19F2N5O4. The molecule has 5 rings (SSSR count). The molecule has 166 valence electrons. The number of nitrogens with zero attached hydrogens (tertiary/aromatic N) is 4. The maximum atomic E-state index is 13.4. The molecule has 2 aromatic carbocycles. The number of halogens is 2. The molecule has 0 bridgehead atoms. The third kappa shape index (κ3) is 3.30. The molecule has 2 N–H and O–H groups in total. The van der Waals surface area contributed by atoms with Crippen LogP contribution in [-0.2, 0) is 11.9 Å². The van der Waals surface area contributed by atoms with Crippen LogP contribution in [0.5, 0.6) is 11.5 Å². The minimum atomic E-state index is -3.72. The Kier molecular flexibility index (Phi) is 4.52. The molecular weight excluding hydrogens is 424 g/mol. The van der Waals surface area contributed by atoms with E-state index < -0.39 is 12.0 Å². The van der Waals surface area contributed by atoms with Gasteiger partial charge < -0.3 is 14.3 Å². The Hall–Kier alpha value is -3.73. The number of alkyl halides is 2. The van der Waals surface area contributed by atoms with Crippen molar-refractivity contribution in [3.8, 4) is 17.2 Å². The summed E-state index contributed by atoms with van der Waals surface area (Å²) >= 11 is 0. The van der Waals surface area contributed by atoms with Crippen LogP contribution in [0.3, 0.4) is 0 Å². The molecule has 0 amide bonds. The van der Waals surface area contributed by atoms with Crippen LogP contribution in [-0.4, -0.2) is 26.1 Å². The number of aryl methyl sites for hydroxylation is 1. The summed E-state index contributed by atoms with van der Waals surface area (Å²) in [6.45, 7) is 1.74. The Balaban J connectivity index is 1.70. The van der Waals surface area contributed by atoms with E-state index in [-0.39, 0.29) is 23.2 Å². The first kappa shape index (κ1) is 20.2. The second-order valence-electron chi connectivity index (χ2n) is 7.71. The molecule has 3 aromatic rings. The Morgan fingerprint density at radius 2 is 1.94 bits per heavy atom. The smallest absolute Gasteiger partial charge is 0.410 e. The number of benzene rings is 2. The summed E-state index contributed by atoms with van der Waals surface area (Å²) in [5, 5.41) is 7.75. The van der Waals surface area contributed by atoms with E-state index in [4.69, 9.17) is 10.7 Å². The standard InChI is InChI=1S/C21H19F2N5O4/c1-11(13-8-9-16-17(10-13)31-21(22,23)30-16)19(32-24)18-14(12-6-7-12)4-3-5-15(18)28-20(29)27(2)25-26-28/h3-5,8-10,12H,6-7,24H2,1-2H3/b19-11+. The summed E-state index contributed by atoms with van der Waals surface area (Å²) in [5.74, 6) is 6.13. The van der Waals surface area contributed by atoms with Gasteiger partial charge in [0, 0.05) is 18.2 Å². The fraction of sp³-hybridized carbons (Fsp3) is 0.286. The van der Waals surface area contributed by atoms with Crippen molar-refractivity contribution in [2.24, 2.45) is 12.9 Å². The summed E-state index contributed by atoms with van der Waals surface area (Å²) in [5.41, 5.74) is 2.67. The fourth-order valence-electron chi connectivity index (χ4n) is 3.83. The number of hydrogen-bond acceptors (Lipinski definition) is 7. The van der Waals surface area contributed by atoms with Crippen molar-refractivity contribution in [3.63, 3.8) is 0 Å². The number of hydrogen-bond donors (Lipinski definition) is 1. The van der Waals surface area contributed by atoms with Gasteiger partial charge in [-0.25, -0.2) is 4.79 Å². The van der Waals surface area contributed by atoms with Crippen LogP contribution in [0.1, 0.15) is 42.4 Å². The van der Waals surface area contributed by atoms with E-state index in [0.29, 0.717) is 22.4 Å². The molecule has 0 radical (unpaired) electrons. The van der Waals surface area contributed by atoms with E-state index in [1.54, 1.807) is 19.1 Å². The number of ether oxygens (including phenoxy) is 2. The van der Waals surface area contributed by atoms with Crippen molar-refractivity contribution < 1.29 is 23.1 Å². The maximum absolute atomic E-state index is 13.4. The van der Waals surface area contributed by atoms with Crippen molar-refractivity contribution >= 4 is 11.3 Å². The number of aromatic nitrogens is 4. The molecule has 9 nitrogen and oxygen atoms in total. The highest BCUT2D eigenvalue weighted by Gasteiger charge is 2.43. The fourth-order valence-corrected chi connectivity index (χ4v) is 3.83. The van der Waals surface area contributed by atoms with Gasteiger partial charge in [0.2, 0.25) is 0 Å². The number of fused-ring (bicyclic) bond motifs is 1. The average molecular weight is 443 g/mol. The molecule has 0 unspecified atom stereocenters. The quantitative estimate of drug-likeness (QED) is 0.367. The largest absolute Gasteiger partial charge is 0.586 e. The first-order valence-electron chi connectivity index (χ1n) is 9.89. The summed E-state index contributed by atoms with van der Waals surface area (Å²) in [4.78, 5) is 17.9. The molecule has 1 aromatic heterocycles. The van der Waals surface area contributed by atoms with Crippen LogP contribution in [0, 0.1) is 0 Å². The van der Waals surface area contributed by atoms with Gasteiger partial charge in [-0.2, -0.15) is 15.3 Å². The van der Waals surface area contributed by atoms with Gasteiger partial charge in [-0.1, -0.05) is 18.2 Å². The zero-order valence-corrected chi connectivity index (χ0v) is 17.2. The third-order valence-corrected chi connectivity index (χ3v) is 5.56. The van der Waals surface area contributed by atoms with Crippen molar-refractivity contribution in [1.82, 2.24) is 19.8 Å². The van der Waals surface area contributed by atoms with E-state index in [1.165, 1.54) is 23.9 Å². The van der Waals surface area contributed by atoms with Crippen molar-refractivity contribution in [1.29, 1.82) is 0 Å². The monoisotopic (exact) mass is 443 g/mol. The number of allylic oxidation sites excluding steroid dienone is 1. The molecule has 1 aliphatic heterocycles. The second kappa shape index (κ2) is 7.16. The van der Waals surface area contributed by atoms with E-state index in [0.717, 1.165) is 23.1 Å². The zero-order chi connectivity index (χ0) is 22.6. The topological polar surface area (TPSA) is 106 Å². The van der Waals surface area contributed by atoms with E-state index in [2.05, 4.69) is 19.9 Å². The van der Waals surface area contributed by atoms with Crippen LogP contribution in [0.2, 0.25) is 0 Å². The molecule has 1 saturated carbocycles. The van der Waals surface area contributed by atoms with E-state index in [9.17, 15) is 13.6 Å². The number of rotatable bonds is 5. The van der Waals surface area contributed by atoms with Crippen molar-refractivity contribution in [3.05, 3.63) is 63.6 Å². The van der Waals surface area contributed by atoms with Gasteiger partial charge in [-0.15, -0.1) is 8.78 Å². The summed E-state index contributed by atoms with van der Waals surface area (Å²) in [6, 6.07) is 9.93. The molecule has 0 spiro atoms. The normalized spacial score (nSPS) is 17.3. The third-order valence-electron chi connectivity index (χ3n) is 5.56. The van der Waals surface area contributed by atoms with Crippen LogP contribution in [0.25, 0.3) is 17.0 Å². The lowest BCUT2D eigenvalue weighted by molar-refractivity contribution is -0.286. The zero-order valence-electron chi connectivity index (χ0n) is 17.2. The van der Waals surface area contributed by atoms with Gasteiger partial charge in [-0.3, -0.25) is 0 Å². The van der Waals surface area contributed by atoms with Crippen LogP contribution in [0.15, 0.2) is 41.2 Å². The predicted octanol–water partition coefficient (Wildman–Crippen LogP) is 2.94. The lowest BCUT2D eigenvalue weighted by Crippen LogP contribution is -2.25. The first-order valence-corrected chi connectivity index (χ1v) is 9.89. The summed E-state index contributed by atoms with van der Waals surface area (Å²) < 4.78 is 38.2. The lowest BCUT2D eigenvalue weighted by Gasteiger charge is -2.18. The van der Waals surface area contributed by atoms with Gasteiger partial charge in [-0.05, 0) is 65.4 Å². The Morgan fingerprint density at radius 1 is 1.19 bits per heavy atom. The van der Waals surface area contributed by atoms with E-state index >= 15 is 0 Å². The Bertz CT molecular complexity index is 1310. The predicted molar refractivity (Wildman–Crippen MR) is 109 cm³/mol. The Labute approximate surface area is 180 Å². The molecule has 2 aliphatic rings. The van der Waals surface area contributed by atoms with Crippen molar-refractivity contribution in [2.45, 2.75) is 32.0 Å². The van der Waals surface area contributed by atoms with Gasteiger partial charge in [0.05, 0.1) is 5.69 Å². The lowest BCUT2D eigenvalue weighted by atomic mass is 9.95. The Morgan fingerprint density at radius 3 is 2.59 bits per heavy atom. The highest BCUT2D eigenvalue weighted by molar-refractivity contribution is 5.90. The van der Waals surface area contributed by atoms with Gasteiger partial charge in [0.15, 0.2) is 17.3 Å². The van der Waals surface area contributed by atoms with Gasteiger partial charge in [0.1, 0.15) is 0 Å². The van der Waals surface area contributed by atoms with Crippen LogP contribution >= 0.6 is 0 Å². The van der Waals surface area contributed by atoms with Gasteiger partial charge in [0.25, 0.3) is 0 Å². The minimum Gasteiger partial charge on any atom is -0.410 e. The minimum absolute atomic E-state index is 0.0630. The first-order chi connectivity index (χ1) is 15.3. The molecule has 2 heterocycles. The SMILES string of the molecule is C/C(=C(\ON)c1c(C2CC2)cccc1-n1nnn(C)c1=O)c1ccc2c(c1)OC(F)(F)O2. The molecule has 0 saturated heterocycles. The second-order valence-corrected chi connectivity index (χ2v) is 7.71. The number of tetrazole rings is 1. The van der Waals surface area contributed by atoms with Gasteiger partial charge >= 0.3 is 12.0 Å². The maximum Gasteiger partial charge on any atom is 0.586 e. The van der Waals surface area contributed by atoms with Crippen molar-refractivity contribution in [2.75, 3.05) is 0 Å². The molecule has 11 heteroatoms. The molecule has 1 fully saturated rings. The highest BCUT2D eigenvalue weighted by atomic mass is 19.3. The number of nitrogens with two attached hydrogens (primary N) is 1. The molecule has 0 atom stereocenters. The van der Waals surface area contributed by atoms with Crippen LogP contribution < -0.4 is 21.1 Å². The molecule has 32 heavy (non-hydrogen) atoms. The summed E-state index contributed by atoms with van der Waals surface area (Å²) in [7, 11) is 1.50. The average Bonchev–Trinajstić information content (AvgIpc) is 3.48. The van der Waals surface area contributed by atoms with Crippen LogP contribution in [0.4, 0.5) is 8.78 Å². The highest BCUT2D eigenvalue weighted by Crippen LogP contribution is 2.47. The summed E-state index contributed by atoms with van der Waals surface area (Å²) in [6.07, 6.45) is -1.74. The van der Waals surface area contributed by atoms with E-state index in [1.807, 2.05) is 12.1 Å². The molecule has 1 aliphatic carbocycles.